The molecule has 3 aromatic rings. The minimum atomic E-state index is -0.558. The van der Waals surface area contributed by atoms with Gasteiger partial charge in [0.2, 0.25) is 11.8 Å². The van der Waals surface area contributed by atoms with Gasteiger partial charge in [0, 0.05) is 11.4 Å². The van der Waals surface area contributed by atoms with Crippen LogP contribution in [0.3, 0.4) is 0 Å². The van der Waals surface area contributed by atoms with Gasteiger partial charge in [-0.15, -0.1) is 0 Å². The Hall–Kier alpha value is -3.13. The lowest BCUT2D eigenvalue weighted by atomic mass is 9.88. The maximum absolute atomic E-state index is 12.5. The number of hydrogen-bond donors (Lipinski definition) is 3. The third-order valence-corrected chi connectivity index (χ3v) is 5.30. The van der Waals surface area contributed by atoms with E-state index >= 15 is 0 Å². The highest BCUT2D eigenvalue weighted by molar-refractivity contribution is 6.06. The molecule has 0 aliphatic carbocycles. The van der Waals surface area contributed by atoms with Gasteiger partial charge < -0.3 is 4.98 Å². The predicted molar refractivity (Wildman–Crippen MR) is 96.3 cm³/mol. The fourth-order valence-corrected chi connectivity index (χ4v) is 4.23. The highest BCUT2D eigenvalue weighted by atomic mass is 16.2. The Morgan fingerprint density at radius 3 is 2.26 bits per heavy atom. The Morgan fingerprint density at radius 2 is 1.56 bits per heavy atom. The smallest absolute Gasteiger partial charge is 0.232 e. The summed E-state index contributed by atoms with van der Waals surface area (Å²) in [6.45, 7) is 3.78. The van der Waals surface area contributed by atoms with Crippen molar-refractivity contribution in [3.63, 3.8) is 0 Å². The summed E-state index contributed by atoms with van der Waals surface area (Å²) >= 11 is 0. The summed E-state index contributed by atoms with van der Waals surface area (Å²) in [4.78, 5) is 42.0. The molecule has 2 saturated heterocycles. The van der Waals surface area contributed by atoms with Crippen LogP contribution in [0.1, 0.15) is 35.1 Å². The fourth-order valence-electron chi connectivity index (χ4n) is 4.23. The zero-order valence-electron chi connectivity index (χ0n) is 14.9. The zero-order valence-corrected chi connectivity index (χ0v) is 14.9. The van der Waals surface area contributed by atoms with Crippen LogP contribution in [-0.2, 0) is 9.59 Å². The van der Waals surface area contributed by atoms with E-state index in [1.54, 1.807) is 0 Å². The number of carbonyl (C=O) groups is 2. The number of carbonyl (C=O) groups excluding carboxylic acids is 2. The van der Waals surface area contributed by atoms with Crippen LogP contribution in [0, 0.1) is 25.7 Å². The van der Waals surface area contributed by atoms with E-state index in [1.165, 1.54) is 0 Å². The number of para-hydroxylation sites is 2. The van der Waals surface area contributed by atoms with Crippen LogP contribution < -0.4 is 10.6 Å². The van der Waals surface area contributed by atoms with Crippen molar-refractivity contribution in [2.75, 3.05) is 0 Å². The van der Waals surface area contributed by atoms with Gasteiger partial charge >= 0.3 is 0 Å². The number of aromatic nitrogens is 4. The van der Waals surface area contributed by atoms with Crippen molar-refractivity contribution in [1.82, 2.24) is 30.6 Å². The van der Waals surface area contributed by atoms with Gasteiger partial charge in [-0.05, 0) is 32.0 Å². The van der Waals surface area contributed by atoms with E-state index in [9.17, 15) is 9.59 Å². The normalized spacial score (nSPS) is 27.2. The number of benzene rings is 1. The van der Waals surface area contributed by atoms with Crippen molar-refractivity contribution in [1.29, 1.82) is 0 Å². The number of aromatic amines is 1. The molecular formula is C19H18N6O2. The maximum Gasteiger partial charge on any atom is 0.232 e. The number of imidazole rings is 1. The number of H-pyrrole nitrogens is 1. The first-order valence-corrected chi connectivity index (χ1v) is 8.89. The van der Waals surface area contributed by atoms with E-state index < -0.39 is 23.9 Å². The molecular weight excluding hydrogens is 344 g/mol. The van der Waals surface area contributed by atoms with Gasteiger partial charge in [0.1, 0.15) is 11.6 Å². The molecule has 4 atom stereocenters. The molecule has 0 saturated carbocycles. The van der Waals surface area contributed by atoms with E-state index in [1.807, 2.05) is 44.2 Å². The summed E-state index contributed by atoms with van der Waals surface area (Å²) in [6.07, 6.45) is 0. The van der Waals surface area contributed by atoms with Crippen molar-refractivity contribution in [2.45, 2.75) is 25.9 Å². The van der Waals surface area contributed by atoms with Crippen LogP contribution in [-0.4, -0.2) is 31.8 Å². The topological polar surface area (TPSA) is 113 Å². The molecule has 2 fully saturated rings. The number of amides is 2. The standard InChI is InChI=1S/C19H18N6O2/c1-8-7-9(2)21-16(20-8)14-12-13(19(27)25-18(12)26)15(24-14)17-22-10-5-3-4-6-11(10)23-17/h3-7,12-15,24H,1-2H3,(H,22,23)(H,25,26,27)/t12-,13+,14+,15-/m0/s1. The third-order valence-electron chi connectivity index (χ3n) is 5.30. The number of imide groups is 1. The number of nitrogens with one attached hydrogen (secondary N) is 3. The number of fused-ring (bicyclic) bond motifs is 2. The van der Waals surface area contributed by atoms with Gasteiger partial charge in [-0.25, -0.2) is 15.0 Å². The Kier molecular flexibility index (Phi) is 3.38. The number of aryl methyl sites for hydroxylation is 2. The molecule has 0 bridgehead atoms. The maximum atomic E-state index is 12.5. The average molecular weight is 362 g/mol. The summed E-state index contributed by atoms with van der Waals surface area (Å²) < 4.78 is 0. The number of rotatable bonds is 2. The second-order valence-corrected chi connectivity index (χ2v) is 7.18. The molecule has 0 unspecified atom stereocenters. The van der Waals surface area contributed by atoms with Crippen molar-refractivity contribution in [3.05, 3.63) is 53.4 Å². The van der Waals surface area contributed by atoms with Gasteiger partial charge in [-0.2, -0.15) is 0 Å². The summed E-state index contributed by atoms with van der Waals surface area (Å²) in [7, 11) is 0. The van der Waals surface area contributed by atoms with Gasteiger partial charge in [0.05, 0.1) is 35.0 Å². The molecule has 2 amide bonds. The SMILES string of the molecule is Cc1cc(C)nc([C@@H]2N[C@H](c3nc4ccccc4[nH]3)[C@@H]3C(=O)NC(=O)[C@@H]32)n1. The molecule has 136 valence electrons. The molecule has 4 heterocycles. The average Bonchev–Trinajstić information content (AvgIpc) is 3.28. The summed E-state index contributed by atoms with van der Waals surface area (Å²) in [5, 5.41) is 5.87. The molecule has 3 N–H and O–H groups in total. The van der Waals surface area contributed by atoms with Crippen LogP contribution in [0.15, 0.2) is 30.3 Å². The van der Waals surface area contributed by atoms with Crippen molar-refractivity contribution in [3.8, 4) is 0 Å². The molecule has 1 aromatic carbocycles. The van der Waals surface area contributed by atoms with Gasteiger partial charge in [0.25, 0.3) is 0 Å². The molecule has 2 aliphatic heterocycles. The Labute approximate surface area is 154 Å². The molecule has 8 nitrogen and oxygen atoms in total. The Balaban J connectivity index is 1.60. The quantitative estimate of drug-likeness (QED) is 0.591. The highest BCUT2D eigenvalue weighted by Crippen LogP contribution is 2.45. The molecule has 8 heteroatoms. The van der Waals surface area contributed by atoms with E-state index in [-0.39, 0.29) is 11.8 Å². The van der Waals surface area contributed by atoms with Crippen molar-refractivity contribution < 1.29 is 9.59 Å². The van der Waals surface area contributed by atoms with Crippen molar-refractivity contribution in [2.24, 2.45) is 11.8 Å². The van der Waals surface area contributed by atoms with Crippen LogP contribution in [0.2, 0.25) is 0 Å². The minimum absolute atomic E-state index is 0.283. The predicted octanol–water partition coefficient (Wildman–Crippen LogP) is 1.24. The second kappa shape index (κ2) is 5.68. The lowest BCUT2D eigenvalue weighted by molar-refractivity contribution is -0.126. The lowest BCUT2D eigenvalue weighted by Crippen LogP contribution is -2.33. The minimum Gasteiger partial charge on any atom is -0.341 e. The van der Waals surface area contributed by atoms with Crippen LogP contribution in [0.4, 0.5) is 0 Å². The first-order chi connectivity index (χ1) is 13.0. The molecule has 0 radical (unpaired) electrons. The summed E-state index contributed by atoms with van der Waals surface area (Å²) in [6, 6.07) is 8.70. The van der Waals surface area contributed by atoms with Gasteiger partial charge in [0.15, 0.2) is 0 Å². The highest BCUT2D eigenvalue weighted by Gasteiger charge is 2.57. The van der Waals surface area contributed by atoms with E-state index in [0.29, 0.717) is 11.6 Å². The molecule has 5 rings (SSSR count). The van der Waals surface area contributed by atoms with Gasteiger partial charge in [-0.1, -0.05) is 12.1 Å². The Morgan fingerprint density at radius 1 is 0.889 bits per heavy atom. The van der Waals surface area contributed by atoms with Crippen LogP contribution >= 0.6 is 0 Å². The van der Waals surface area contributed by atoms with E-state index in [2.05, 4.69) is 30.6 Å². The Bertz CT molecular complexity index is 1040. The lowest BCUT2D eigenvalue weighted by Gasteiger charge is -2.16. The number of hydrogen-bond acceptors (Lipinski definition) is 6. The van der Waals surface area contributed by atoms with Crippen molar-refractivity contribution >= 4 is 22.8 Å². The largest absolute Gasteiger partial charge is 0.341 e. The van der Waals surface area contributed by atoms with Crippen LogP contribution in [0.25, 0.3) is 11.0 Å². The van der Waals surface area contributed by atoms with Gasteiger partial charge in [-0.3, -0.25) is 20.2 Å². The van der Waals surface area contributed by atoms with E-state index in [4.69, 9.17) is 0 Å². The molecule has 2 aromatic heterocycles. The first kappa shape index (κ1) is 16.1. The fraction of sp³-hybridized carbons (Fsp3) is 0.316. The summed E-state index contributed by atoms with van der Waals surface area (Å²) in [5.41, 5.74) is 3.36. The third kappa shape index (κ3) is 2.44. The second-order valence-electron chi connectivity index (χ2n) is 7.18. The monoisotopic (exact) mass is 362 g/mol. The molecule has 27 heavy (non-hydrogen) atoms. The zero-order chi connectivity index (χ0) is 18.7. The summed E-state index contributed by atoms with van der Waals surface area (Å²) in [5.74, 6) is -0.503. The number of nitrogens with zero attached hydrogens (tertiary/aromatic N) is 3. The first-order valence-electron chi connectivity index (χ1n) is 8.89. The van der Waals surface area contributed by atoms with Crippen LogP contribution in [0.5, 0.6) is 0 Å². The van der Waals surface area contributed by atoms with E-state index in [0.717, 1.165) is 22.4 Å². The molecule has 2 aliphatic rings. The molecule has 0 spiro atoms.